The molecule has 0 radical (unpaired) electrons. The van der Waals surface area contributed by atoms with Gasteiger partial charge in [-0.25, -0.2) is 4.39 Å². The Kier molecular flexibility index (Phi) is 5.64. The molecule has 2 rings (SSSR count). The van der Waals surface area contributed by atoms with Gasteiger partial charge >= 0.3 is 0 Å². The zero-order chi connectivity index (χ0) is 15.8. The standard InChI is InChI=1S/C17H15FN2O2/c18-16-7-6-15(10-14(16)11-19)20-17(21)12-22-9-8-13-4-2-1-3-5-13/h1-7,10H,8-9,12H2,(H,20,21). The molecule has 0 saturated carbocycles. The lowest BCUT2D eigenvalue weighted by atomic mass is 10.2. The summed E-state index contributed by atoms with van der Waals surface area (Å²) < 4.78 is 18.5. The van der Waals surface area contributed by atoms with Gasteiger partial charge in [-0.2, -0.15) is 5.26 Å². The Balaban J connectivity index is 1.75. The topological polar surface area (TPSA) is 62.1 Å². The van der Waals surface area contributed by atoms with Gasteiger partial charge < -0.3 is 10.1 Å². The summed E-state index contributed by atoms with van der Waals surface area (Å²) in [6.07, 6.45) is 0.725. The van der Waals surface area contributed by atoms with Crippen LogP contribution in [0.3, 0.4) is 0 Å². The van der Waals surface area contributed by atoms with Gasteiger partial charge in [0.2, 0.25) is 5.91 Å². The van der Waals surface area contributed by atoms with Crippen LogP contribution in [-0.2, 0) is 16.0 Å². The predicted molar refractivity (Wildman–Crippen MR) is 80.7 cm³/mol. The summed E-state index contributed by atoms with van der Waals surface area (Å²) >= 11 is 0. The van der Waals surface area contributed by atoms with Crippen LogP contribution in [0, 0.1) is 17.1 Å². The van der Waals surface area contributed by atoms with Gasteiger partial charge in [0.05, 0.1) is 12.2 Å². The molecular weight excluding hydrogens is 283 g/mol. The number of benzene rings is 2. The highest BCUT2D eigenvalue weighted by Gasteiger charge is 2.06. The monoisotopic (exact) mass is 298 g/mol. The number of anilines is 1. The lowest BCUT2D eigenvalue weighted by Crippen LogP contribution is -2.19. The zero-order valence-electron chi connectivity index (χ0n) is 11.9. The number of nitriles is 1. The third-order valence-corrected chi connectivity index (χ3v) is 2.98. The molecule has 4 nitrogen and oxygen atoms in total. The second-order valence-corrected chi connectivity index (χ2v) is 4.64. The third-order valence-electron chi connectivity index (χ3n) is 2.98. The van der Waals surface area contributed by atoms with Crippen LogP contribution in [0.1, 0.15) is 11.1 Å². The number of ether oxygens (including phenoxy) is 1. The number of nitrogens with zero attached hydrogens (tertiary/aromatic N) is 1. The molecule has 0 aliphatic carbocycles. The van der Waals surface area contributed by atoms with Crippen LogP contribution in [-0.4, -0.2) is 19.1 Å². The number of nitrogens with one attached hydrogen (secondary N) is 1. The van der Waals surface area contributed by atoms with Crippen molar-refractivity contribution in [2.45, 2.75) is 6.42 Å². The number of carbonyl (C=O) groups is 1. The Morgan fingerprint density at radius 2 is 2.00 bits per heavy atom. The lowest BCUT2D eigenvalue weighted by molar-refractivity contribution is -0.120. The first-order chi connectivity index (χ1) is 10.7. The van der Waals surface area contributed by atoms with Crippen LogP contribution in [0.2, 0.25) is 0 Å². The highest BCUT2D eigenvalue weighted by atomic mass is 19.1. The van der Waals surface area contributed by atoms with Crippen molar-refractivity contribution in [3.63, 3.8) is 0 Å². The molecule has 0 aromatic heterocycles. The van der Waals surface area contributed by atoms with E-state index >= 15 is 0 Å². The first kappa shape index (κ1) is 15.7. The van der Waals surface area contributed by atoms with Crippen LogP contribution in [0.4, 0.5) is 10.1 Å². The molecule has 2 aromatic rings. The number of carbonyl (C=O) groups excluding carboxylic acids is 1. The van der Waals surface area contributed by atoms with Gasteiger partial charge in [0.1, 0.15) is 18.5 Å². The minimum atomic E-state index is -0.611. The summed E-state index contributed by atoms with van der Waals surface area (Å²) in [4.78, 5) is 11.7. The second-order valence-electron chi connectivity index (χ2n) is 4.64. The van der Waals surface area contributed by atoms with E-state index in [-0.39, 0.29) is 18.1 Å². The Morgan fingerprint density at radius 1 is 1.23 bits per heavy atom. The summed E-state index contributed by atoms with van der Waals surface area (Å²) in [6, 6.07) is 15.4. The molecule has 0 saturated heterocycles. The molecule has 22 heavy (non-hydrogen) atoms. The van der Waals surface area contributed by atoms with Crippen molar-refractivity contribution in [1.29, 1.82) is 5.26 Å². The summed E-state index contributed by atoms with van der Waals surface area (Å²) in [5.74, 6) is -0.955. The predicted octanol–water partition coefficient (Wildman–Crippen LogP) is 2.90. The van der Waals surface area contributed by atoms with E-state index < -0.39 is 5.82 Å². The van der Waals surface area contributed by atoms with Crippen molar-refractivity contribution in [1.82, 2.24) is 0 Å². The van der Waals surface area contributed by atoms with Gasteiger partial charge in [-0.1, -0.05) is 30.3 Å². The summed E-state index contributed by atoms with van der Waals surface area (Å²) in [5, 5.41) is 11.3. The molecule has 5 heteroatoms. The Bertz CT molecular complexity index is 681. The van der Waals surface area contributed by atoms with Crippen molar-refractivity contribution in [3.05, 3.63) is 65.5 Å². The van der Waals surface area contributed by atoms with Gasteiger partial charge in [0.25, 0.3) is 0 Å². The van der Waals surface area contributed by atoms with Crippen molar-refractivity contribution in [3.8, 4) is 6.07 Å². The van der Waals surface area contributed by atoms with Crippen molar-refractivity contribution in [2.24, 2.45) is 0 Å². The normalized spacial score (nSPS) is 10.0. The van der Waals surface area contributed by atoms with Gasteiger partial charge in [0, 0.05) is 5.69 Å². The second kappa shape index (κ2) is 7.91. The van der Waals surface area contributed by atoms with Gasteiger partial charge in [-0.05, 0) is 30.2 Å². The van der Waals surface area contributed by atoms with E-state index in [9.17, 15) is 9.18 Å². The molecule has 0 unspecified atom stereocenters. The smallest absolute Gasteiger partial charge is 0.250 e. The molecule has 0 aliphatic heterocycles. The molecule has 0 bridgehead atoms. The minimum absolute atomic E-state index is 0.0912. The summed E-state index contributed by atoms with van der Waals surface area (Å²) in [7, 11) is 0. The molecule has 1 amide bonds. The first-order valence-electron chi connectivity index (χ1n) is 6.80. The van der Waals surface area contributed by atoms with Crippen molar-refractivity contribution in [2.75, 3.05) is 18.5 Å². The number of amides is 1. The molecule has 2 aromatic carbocycles. The lowest BCUT2D eigenvalue weighted by Gasteiger charge is -2.07. The van der Waals surface area contributed by atoms with Gasteiger partial charge in [-0.15, -0.1) is 0 Å². The first-order valence-corrected chi connectivity index (χ1v) is 6.80. The molecule has 1 N–H and O–H groups in total. The van der Waals surface area contributed by atoms with E-state index in [4.69, 9.17) is 10.00 Å². The molecule has 0 atom stereocenters. The minimum Gasteiger partial charge on any atom is -0.371 e. The SMILES string of the molecule is N#Cc1cc(NC(=O)COCCc2ccccc2)ccc1F. The Morgan fingerprint density at radius 3 is 2.73 bits per heavy atom. The average Bonchev–Trinajstić information content (AvgIpc) is 2.54. The van der Waals surface area contributed by atoms with Gasteiger partial charge in [0.15, 0.2) is 0 Å². The van der Waals surface area contributed by atoms with Crippen molar-refractivity contribution >= 4 is 11.6 Å². The van der Waals surface area contributed by atoms with Crippen LogP contribution < -0.4 is 5.32 Å². The Hall–Kier alpha value is -2.71. The van der Waals surface area contributed by atoms with E-state index in [0.717, 1.165) is 18.1 Å². The highest BCUT2D eigenvalue weighted by Crippen LogP contribution is 2.13. The van der Waals surface area contributed by atoms with E-state index in [0.29, 0.717) is 12.3 Å². The summed E-state index contributed by atoms with van der Waals surface area (Å²) in [5.41, 5.74) is 1.40. The molecule has 0 heterocycles. The fourth-order valence-electron chi connectivity index (χ4n) is 1.89. The maximum Gasteiger partial charge on any atom is 0.250 e. The number of rotatable bonds is 6. The fourth-order valence-corrected chi connectivity index (χ4v) is 1.89. The molecule has 0 fully saturated rings. The summed E-state index contributed by atoms with van der Waals surface area (Å²) in [6.45, 7) is 0.344. The van der Waals surface area contributed by atoms with Gasteiger partial charge in [-0.3, -0.25) is 4.79 Å². The van der Waals surface area contributed by atoms with Crippen molar-refractivity contribution < 1.29 is 13.9 Å². The number of halogens is 1. The Labute approximate surface area is 128 Å². The molecular formula is C17H15FN2O2. The largest absolute Gasteiger partial charge is 0.371 e. The third kappa shape index (κ3) is 4.69. The molecule has 112 valence electrons. The van der Waals surface area contributed by atoms with E-state index in [1.54, 1.807) is 6.07 Å². The van der Waals surface area contributed by atoms with Crippen LogP contribution in [0.25, 0.3) is 0 Å². The van der Waals surface area contributed by atoms with Crippen LogP contribution in [0.15, 0.2) is 48.5 Å². The van der Waals surface area contributed by atoms with Crippen LogP contribution >= 0.6 is 0 Å². The quantitative estimate of drug-likeness (QED) is 0.834. The zero-order valence-corrected chi connectivity index (χ0v) is 11.9. The fraction of sp³-hybridized carbons (Fsp3) is 0.176. The number of hydrogen-bond acceptors (Lipinski definition) is 3. The average molecular weight is 298 g/mol. The molecule has 0 aliphatic rings. The van der Waals surface area contributed by atoms with E-state index in [1.807, 2.05) is 30.3 Å². The van der Waals surface area contributed by atoms with Crippen LogP contribution in [0.5, 0.6) is 0 Å². The van der Waals surface area contributed by atoms with E-state index in [2.05, 4.69) is 5.32 Å². The van der Waals surface area contributed by atoms with E-state index in [1.165, 1.54) is 12.1 Å². The molecule has 0 spiro atoms. The maximum atomic E-state index is 13.2. The number of hydrogen-bond donors (Lipinski definition) is 1. The maximum absolute atomic E-state index is 13.2. The highest BCUT2D eigenvalue weighted by molar-refractivity contribution is 5.91.